The second-order valence-corrected chi connectivity index (χ2v) is 5.39. The molecule has 8 heteroatoms. The van der Waals surface area contributed by atoms with E-state index in [0.29, 0.717) is 15.6 Å². The fourth-order valence-corrected chi connectivity index (χ4v) is 2.15. The first-order chi connectivity index (χ1) is 10.4. The summed E-state index contributed by atoms with van der Waals surface area (Å²) in [6.07, 6.45) is 2.95. The van der Waals surface area contributed by atoms with E-state index < -0.39 is 5.97 Å². The molecule has 1 aromatic carbocycles. The summed E-state index contributed by atoms with van der Waals surface area (Å²) in [5, 5.41) is 7.40. The van der Waals surface area contributed by atoms with E-state index in [1.807, 2.05) is 0 Å². The van der Waals surface area contributed by atoms with Gasteiger partial charge in [-0.15, -0.1) is 0 Å². The van der Waals surface area contributed by atoms with Gasteiger partial charge in [0.1, 0.15) is 6.54 Å². The Hall–Kier alpha value is -2.05. The van der Waals surface area contributed by atoms with Gasteiger partial charge in [0.05, 0.1) is 29.6 Å². The van der Waals surface area contributed by atoms with Crippen molar-refractivity contribution in [3.63, 3.8) is 0 Å². The van der Waals surface area contributed by atoms with Crippen molar-refractivity contribution in [1.82, 2.24) is 9.78 Å². The van der Waals surface area contributed by atoms with E-state index in [0.717, 1.165) is 0 Å². The third-order valence-electron chi connectivity index (χ3n) is 2.89. The first kappa shape index (κ1) is 16.3. The number of nitrogens with zero attached hydrogens (tertiary/aromatic N) is 2. The highest BCUT2D eigenvalue weighted by atomic mass is 35.5. The van der Waals surface area contributed by atoms with E-state index in [4.69, 9.17) is 27.9 Å². The second kappa shape index (κ2) is 6.81. The molecule has 116 valence electrons. The van der Waals surface area contributed by atoms with Crippen molar-refractivity contribution in [2.75, 3.05) is 12.4 Å². The van der Waals surface area contributed by atoms with Gasteiger partial charge in [-0.25, -0.2) is 4.79 Å². The lowest BCUT2D eigenvalue weighted by molar-refractivity contribution is -0.116. The van der Waals surface area contributed by atoms with Crippen LogP contribution in [0.25, 0.3) is 0 Å². The van der Waals surface area contributed by atoms with Gasteiger partial charge in [-0.3, -0.25) is 9.48 Å². The molecule has 6 nitrogen and oxygen atoms in total. The Morgan fingerprint density at radius 1 is 1.36 bits per heavy atom. The average Bonchev–Trinajstić information content (AvgIpc) is 2.86. The van der Waals surface area contributed by atoms with Gasteiger partial charge in [0.15, 0.2) is 0 Å². The third-order valence-corrected chi connectivity index (χ3v) is 3.49. The third kappa shape index (κ3) is 3.78. The van der Waals surface area contributed by atoms with Crippen LogP contribution >= 0.6 is 23.2 Å². The quantitative estimate of drug-likeness (QED) is 0.867. The van der Waals surface area contributed by atoms with Crippen LogP contribution < -0.4 is 5.32 Å². The number of amides is 1. The van der Waals surface area contributed by atoms with Gasteiger partial charge in [0.25, 0.3) is 0 Å². The Balaban J connectivity index is 2.22. The molecule has 1 aromatic heterocycles. The minimum atomic E-state index is -0.558. The van der Waals surface area contributed by atoms with Gasteiger partial charge in [-0.2, -0.15) is 5.10 Å². The molecule has 0 aliphatic rings. The summed E-state index contributed by atoms with van der Waals surface area (Å²) in [6, 6.07) is 3.08. The maximum absolute atomic E-state index is 12.0. The van der Waals surface area contributed by atoms with Crippen LogP contribution in [-0.4, -0.2) is 28.8 Å². The second-order valence-electron chi connectivity index (χ2n) is 4.54. The number of ether oxygens (including phenoxy) is 1. The van der Waals surface area contributed by atoms with Gasteiger partial charge in [0.2, 0.25) is 5.91 Å². The Labute approximate surface area is 137 Å². The number of aryl methyl sites for hydroxylation is 1. The largest absolute Gasteiger partial charge is 0.465 e. The number of carbonyl (C=O) groups excluding carboxylic acids is 2. The van der Waals surface area contributed by atoms with Crippen LogP contribution in [0.5, 0.6) is 0 Å². The van der Waals surface area contributed by atoms with Gasteiger partial charge < -0.3 is 10.1 Å². The molecule has 0 atom stereocenters. The number of aromatic nitrogens is 2. The number of carbonyl (C=O) groups is 2. The minimum absolute atomic E-state index is 0.0428. The molecule has 0 aliphatic heterocycles. The van der Waals surface area contributed by atoms with Crippen LogP contribution in [0.3, 0.4) is 0 Å². The van der Waals surface area contributed by atoms with Crippen LogP contribution in [0.2, 0.25) is 10.0 Å². The number of hydrogen-bond acceptors (Lipinski definition) is 4. The Morgan fingerprint density at radius 2 is 2.09 bits per heavy atom. The first-order valence-corrected chi connectivity index (χ1v) is 7.02. The predicted octanol–water partition coefficient (Wildman–Crippen LogP) is 2.92. The number of rotatable bonds is 4. The van der Waals surface area contributed by atoms with Crippen LogP contribution in [0.15, 0.2) is 24.5 Å². The Bertz CT molecular complexity index is 728. The number of esters is 1. The van der Waals surface area contributed by atoms with Crippen LogP contribution in [0.1, 0.15) is 15.9 Å². The van der Waals surface area contributed by atoms with E-state index in [-0.39, 0.29) is 23.7 Å². The number of halogens is 2. The van der Waals surface area contributed by atoms with Crippen LogP contribution in [0.4, 0.5) is 5.69 Å². The molecular formula is C14H13Cl2N3O3. The molecule has 0 bridgehead atoms. The highest BCUT2D eigenvalue weighted by Crippen LogP contribution is 2.25. The van der Waals surface area contributed by atoms with Crippen molar-refractivity contribution in [3.8, 4) is 0 Å². The molecule has 0 saturated carbocycles. The average molecular weight is 342 g/mol. The minimum Gasteiger partial charge on any atom is -0.465 e. The highest BCUT2D eigenvalue weighted by Gasteiger charge is 2.16. The van der Waals surface area contributed by atoms with E-state index >= 15 is 0 Å². The summed E-state index contributed by atoms with van der Waals surface area (Å²) in [4.78, 5) is 23.8. The molecule has 1 N–H and O–H groups in total. The molecular weight excluding hydrogens is 329 g/mol. The fourth-order valence-electron chi connectivity index (χ4n) is 1.83. The van der Waals surface area contributed by atoms with E-state index in [1.54, 1.807) is 13.0 Å². The molecule has 0 radical (unpaired) electrons. The number of nitrogens with one attached hydrogen (secondary N) is 1. The van der Waals surface area contributed by atoms with E-state index in [9.17, 15) is 9.59 Å². The van der Waals surface area contributed by atoms with Gasteiger partial charge >= 0.3 is 5.97 Å². The van der Waals surface area contributed by atoms with Crippen molar-refractivity contribution < 1.29 is 14.3 Å². The van der Waals surface area contributed by atoms with Gasteiger partial charge in [-0.05, 0) is 24.6 Å². The molecule has 0 aliphatic carbocycles. The molecule has 22 heavy (non-hydrogen) atoms. The molecule has 2 aromatic rings. The van der Waals surface area contributed by atoms with Crippen molar-refractivity contribution in [3.05, 3.63) is 45.7 Å². The number of methoxy groups -OCH3 is 1. The topological polar surface area (TPSA) is 73.2 Å². The summed E-state index contributed by atoms with van der Waals surface area (Å²) in [7, 11) is 1.27. The summed E-state index contributed by atoms with van der Waals surface area (Å²) in [5.74, 6) is -0.929. The normalized spacial score (nSPS) is 10.4. The van der Waals surface area contributed by atoms with Gasteiger partial charge in [0, 0.05) is 11.2 Å². The summed E-state index contributed by atoms with van der Waals surface area (Å²) >= 11 is 11.8. The molecule has 2 rings (SSSR count). The Morgan fingerprint density at radius 3 is 2.68 bits per heavy atom. The first-order valence-electron chi connectivity index (χ1n) is 6.27. The van der Waals surface area contributed by atoms with E-state index in [1.165, 1.54) is 30.3 Å². The summed E-state index contributed by atoms with van der Waals surface area (Å²) in [5.41, 5.74) is 1.22. The van der Waals surface area contributed by atoms with Gasteiger partial charge in [-0.1, -0.05) is 23.2 Å². The van der Waals surface area contributed by atoms with Crippen LogP contribution in [-0.2, 0) is 16.1 Å². The molecule has 1 amide bonds. The van der Waals surface area contributed by atoms with Crippen LogP contribution in [0, 0.1) is 6.92 Å². The monoisotopic (exact) mass is 341 g/mol. The summed E-state index contributed by atoms with van der Waals surface area (Å²) < 4.78 is 6.09. The zero-order valence-corrected chi connectivity index (χ0v) is 13.4. The SMILES string of the molecule is COC(=O)c1cc(C)c(Cl)cc1NC(=O)Cn1cc(Cl)cn1. The number of anilines is 1. The molecule has 0 saturated heterocycles. The zero-order valence-electron chi connectivity index (χ0n) is 11.9. The lowest BCUT2D eigenvalue weighted by atomic mass is 10.1. The van der Waals surface area contributed by atoms with Crippen molar-refractivity contribution in [2.45, 2.75) is 13.5 Å². The maximum Gasteiger partial charge on any atom is 0.339 e. The summed E-state index contributed by atoms with van der Waals surface area (Å²) in [6.45, 7) is 1.71. The number of benzene rings is 1. The standard InChI is InChI=1S/C14H13Cl2N3O3/c1-8-3-10(14(21)22-2)12(4-11(8)16)18-13(20)7-19-6-9(15)5-17-19/h3-6H,7H2,1-2H3,(H,18,20). The molecule has 1 heterocycles. The smallest absolute Gasteiger partial charge is 0.339 e. The van der Waals surface area contributed by atoms with Crippen molar-refractivity contribution in [2.24, 2.45) is 0 Å². The van der Waals surface area contributed by atoms with Crippen molar-refractivity contribution >= 4 is 40.8 Å². The zero-order chi connectivity index (χ0) is 16.3. The Kier molecular flexibility index (Phi) is 5.05. The lowest BCUT2D eigenvalue weighted by Crippen LogP contribution is -2.21. The molecule has 0 unspecified atom stereocenters. The lowest BCUT2D eigenvalue weighted by Gasteiger charge is -2.12. The van der Waals surface area contributed by atoms with E-state index in [2.05, 4.69) is 10.4 Å². The molecule has 0 spiro atoms. The fraction of sp³-hybridized carbons (Fsp3) is 0.214. The number of hydrogen-bond donors (Lipinski definition) is 1. The predicted molar refractivity (Wildman–Crippen MR) is 83.4 cm³/mol. The van der Waals surface area contributed by atoms with Crippen molar-refractivity contribution in [1.29, 1.82) is 0 Å². The highest BCUT2D eigenvalue weighted by molar-refractivity contribution is 6.32. The molecule has 0 fully saturated rings. The maximum atomic E-state index is 12.0.